The van der Waals surface area contributed by atoms with Crippen LogP contribution in [0.15, 0.2) is 54.7 Å². The van der Waals surface area contributed by atoms with E-state index < -0.39 is 5.91 Å². The zero-order valence-electron chi connectivity index (χ0n) is 17.5. The summed E-state index contributed by atoms with van der Waals surface area (Å²) < 4.78 is 2.07. The van der Waals surface area contributed by atoms with Crippen molar-refractivity contribution >= 4 is 17.6 Å². The molecule has 2 aromatic heterocycles. The van der Waals surface area contributed by atoms with Crippen molar-refractivity contribution in [1.82, 2.24) is 25.1 Å². The van der Waals surface area contributed by atoms with E-state index in [1.165, 1.54) is 11.6 Å². The fourth-order valence-electron chi connectivity index (χ4n) is 3.40. The average molecular weight is 407 g/mol. The summed E-state index contributed by atoms with van der Waals surface area (Å²) in [6.07, 6.45) is 4.77. The number of hydroxylamine groups is 1. The van der Waals surface area contributed by atoms with E-state index in [0.717, 1.165) is 54.3 Å². The molecule has 0 spiro atoms. The number of amides is 1. The lowest BCUT2D eigenvalue weighted by Crippen LogP contribution is -2.31. The first-order valence-electron chi connectivity index (χ1n) is 10.3. The third-order valence-electron chi connectivity index (χ3n) is 5.12. The molecule has 30 heavy (non-hydrogen) atoms. The molecule has 158 valence electrons. The molecule has 0 unspecified atom stereocenters. The van der Waals surface area contributed by atoms with Crippen molar-refractivity contribution in [2.45, 2.75) is 20.4 Å². The molecular formula is C23H28N5O2-. The lowest BCUT2D eigenvalue weighted by atomic mass is 10.1. The number of likely N-dealkylation sites (N-methyl/N-ethyl adjacent to an activating group) is 1. The van der Waals surface area contributed by atoms with E-state index in [1.54, 1.807) is 6.08 Å². The second-order valence-electron chi connectivity index (χ2n) is 6.96. The number of nitrogens with zero attached hydrogens (tertiary/aromatic N) is 3. The van der Waals surface area contributed by atoms with Gasteiger partial charge in [0.25, 0.3) is 0 Å². The Bertz CT molecular complexity index is 994. The molecule has 1 aromatic carbocycles. The Morgan fingerprint density at radius 1 is 1.20 bits per heavy atom. The molecule has 7 nitrogen and oxygen atoms in total. The van der Waals surface area contributed by atoms with E-state index >= 15 is 0 Å². The molecule has 0 saturated heterocycles. The first kappa shape index (κ1) is 21.7. The van der Waals surface area contributed by atoms with Crippen molar-refractivity contribution < 1.29 is 4.79 Å². The van der Waals surface area contributed by atoms with Crippen LogP contribution >= 0.6 is 0 Å². The third kappa shape index (κ3) is 5.33. The number of imidazole rings is 1. The largest absolute Gasteiger partial charge is 0.759 e. The molecule has 0 saturated carbocycles. The number of hydrogen-bond donors (Lipinski definition) is 2. The van der Waals surface area contributed by atoms with Crippen molar-refractivity contribution in [1.29, 1.82) is 0 Å². The number of fused-ring (bicyclic) bond motifs is 1. The van der Waals surface area contributed by atoms with Crippen LogP contribution in [0.2, 0.25) is 0 Å². The Hall–Kier alpha value is -3.00. The highest BCUT2D eigenvalue weighted by Gasteiger charge is 2.14. The Kier molecular flexibility index (Phi) is 7.73. The maximum absolute atomic E-state index is 11.2. The van der Waals surface area contributed by atoms with Gasteiger partial charge < -0.3 is 25.3 Å². The zero-order chi connectivity index (χ0) is 21.3. The number of carbonyl (C=O) groups is 1. The SMILES string of the molecule is CCN(CC)CCNCc1c(-c2ccccc2)nc2cc(/C=C/C(=O)N[O-])ccn12. The maximum Gasteiger partial charge on any atom is 0.233 e. The fraction of sp³-hybridized carbons (Fsp3) is 0.304. The van der Waals surface area contributed by atoms with Crippen molar-refractivity contribution in [2.75, 3.05) is 26.2 Å². The molecule has 0 atom stereocenters. The molecule has 7 heteroatoms. The maximum atomic E-state index is 11.2. The summed E-state index contributed by atoms with van der Waals surface area (Å²) in [7, 11) is 0. The van der Waals surface area contributed by atoms with Crippen molar-refractivity contribution in [2.24, 2.45) is 0 Å². The first-order valence-corrected chi connectivity index (χ1v) is 10.3. The highest BCUT2D eigenvalue weighted by Crippen LogP contribution is 2.25. The van der Waals surface area contributed by atoms with Crippen molar-refractivity contribution in [3.05, 3.63) is 71.2 Å². The normalized spacial score (nSPS) is 11.6. The van der Waals surface area contributed by atoms with Gasteiger partial charge in [0.05, 0.1) is 11.4 Å². The van der Waals surface area contributed by atoms with Crippen LogP contribution < -0.4 is 10.8 Å². The Balaban J connectivity index is 1.88. The zero-order valence-corrected chi connectivity index (χ0v) is 17.5. The van der Waals surface area contributed by atoms with E-state index in [0.29, 0.717) is 6.54 Å². The number of carbonyl (C=O) groups excluding carboxylic acids is 1. The number of nitrogens with one attached hydrogen (secondary N) is 2. The fourth-order valence-corrected chi connectivity index (χ4v) is 3.40. The minimum Gasteiger partial charge on any atom is -0.759 e. The minimum atomic E-state index is -0.679. The molecule has 1 amide bonds. The standard InChI is InChI=1S/C23H28N5O2/c1-3-27(4-2)15-13-24-17-20-23(19-8-6-5-7-9-19)25-21-16-18(12-14-28(20)21)10-11-22(29)26-30/h5-12,14,16,24H,3-4,13,15,17H2,1-2H3,(H-,25,26,29,30)/q-1. The van der Waals surface area contributed by atoms with Crippen LogP contribution in [-0.4, -0.2) is 46.4 Å². The topological polar surface area (TPSA) is 84.7 Å². The number of hydrogen-bond acceptors (Lipinski definition) is 5. The predicted molar refractivity (Wildman–Crippen MR) is 121 cm³/mol. The van der Waals surface area contributed by atoms with Gasteiger partial charge in [-0.3, -0.25) is 4.79 Å². The quantitative estimate of drug-likeness (QED) is 0.307. The molecular weight excluding hydrogens is 378 g/mol. The summed E-state index contributed by atoms with van der Waals surface area (Å²) in [5, 5.41) is 13.9. The Morgan fingerprint density at radius 2 is 1.97 bits per heavy atom. The summed E-state index contributed by atoms with van der Waals surface area (Å²) in [4.78, 5) is 18.4. The molecule has 3 aromatic rings. The van der Waals surface area contributed by atoms with Gasteiger partial charge in [-0.05, 0) is 36.9 Å². The van der Waals surface area contributed by atoms with Gasteiger partial charge in [0.1, 0.15) is 5.65 Å². The molecule has 2 heterocycles. The van der Waals surface area contributed by atoms with E-state index in [-0.39, 0.29) is 0 Å². The van der Waals surface area contributed by atoms with Gasteiger partial charge in [-0.2, -0.15) is 0 Å². The highest BCUT2D eigenvalue weighted by molar-refractivity contribution is 5.92. The third-order valence-corrected chi connectivity index (χ3v) is 5.12. The average Bonchev–Trinajstić information content (AvgIpc) is 3.16. The van der Waals surface area contributed by atoms with Crippen LogP contribution in [0, 0.1) is 5.21 Å². The Morgan fingerprint density at radius 3 is 2.67 bits per heavy atom. The van der Waals surface area contributed by atoms with Gasteiger partial charge in [0, 0.05) is 37.5 Å². The second-order valence-corrected chi connectivity index (χ2v) is 6.96. The molecule has 0 bridgehead atoms. The minimum absolute atomic E-state index is 0.679. The molecule has 3 rings (SSSR count). The lowest BCUT2D eigenvalue weighted by molar-refractivity contribution is -0.115. The number of aromatic nitrogens is 2. The smallest absolute Gasteiger partial charge is 0.233 e. The van der Waals surface area contributed by atoms with Gasteiger partial charge in [0.2, 0.25) is 5.91 Å². The van der Waals surface area contributed by atoms with E-state index in [4.69, 9.17) is 4.98 Å². The monoisotopic (exact) mass is 406 g/mol. The van der Waals surface area contributed by atoms with Gasteiger partial charge in [0.15, 0.2) is 0 Å². The van der Waals surface area contributed by atoms with E-state index in [9.17, 15) is 10.0 Å². The summed E-state index contributed by atoms with van der Waals surface area (Å²) in [5.41, 5.74) is 6.02. The van der Waals surface area contributed by atoms with Gasteiger partial charge in [-0.1, -0.05) is 44.2 Å². The van der Waals surface area contributed by atoms with Gasteiger partial charge >= 0.3 is 0 Å². The van der Waals surface area contributed by atoms with Gasteiger partial charge in [-0.25, -0.2) is 4.98 Å². The molecule has 0 aliphatic carbocycles. The number of benzene rings is 1. The summed E-state index contributed by atoms with van der Waals surface area (Å²) in [5.74, 6) is -0.679. The Labute approximate surface area is 177 Å². The molecule has 0 aliphatic heterocycles. The van der Waals surface area contributed by atoms with E-state index in [1.807, 2.05) is 36.5 Å². The van der Waals surface area contributed by atoms with Crippen LogP contribution in [0.5, 0.6) is 0 Å². The molecule has 0 fully saturated rings. The van der Waals surface area contributed by atoms with Crippen LogP contribution in [-0.2, 0) is 11.3 Å². The highest BCUT2D eigenvalue weighted by atomic mass is 16.5. The van der Waals surface area contributed by atoms with Crippen LogP contribution in [0.1, 0.15) is 25.1 Å². The lowest BCUT2D eigenvalue weighted by Gasteiger charge is -2.18. The predicted octanol–water partition coefficient (Wildman–Crippen LogP) is 3.06. The van der Waals surface area contributed by atoms with Crippen molar-refractivity contribution in [3.63, 3.8) is 0 Å². The number of rotatable bonds is 10. The summed E-state index contributed by atoms with van der Waals surface area (Å²) in [6.45, 7) is 9.03. The van der Waals surface area contributed by atoms with Crippen molar-refractivity contribution in [3.8, 4) is 11.3 Å². The van der Waals surface area contributed by atoms with Crippen LogP contribution in [0.4, 0.5) is 0 Å². The molecule has 0 radical (unpaired) electrons. The second kappa shape index (κ2) is 10.7. The molecule has 2 N–H and O–H groups in total. The number of pyridine rings is 1. The van der Waals surface area contributed by atoms with Crippen LogP contribution in [0.25, 0.3) is 23.0 Å². The van der Waals surface area contributed by atoms with Gasteiger partial charge in [-0.15, -0.1) is 0 Å². The molecule has 0 aliphatic rings. The summed E-state index contributed by atoms with van der Waals surface area (Å²) in [6, 6.07) is 13.9. The van der Waals surface area contributed by atoms with E-state index in [2.05, 4.69) is 40.6 Å². The first-order chi connectivity index (χ1) is 14.7. The van der Waals surface area contributed by atoms with Crippen LogP contribution in [0.3, 0.4) is 0 Å². The summed E-state index contributed by atoms with van der Waals surface area (Å²) >= 11 is 0.